The third kappa shape index (κ3) is 3.97. The topological polar surface area (TPSA) is 75.3 Å². The molecule has 0 bridgehead atoms. The van der Waals surface area contributed by atoms with Crippen LogP contribution in [0.3, 0.4) is 0 Å². The van der Waals surface area contributed by atoms with E-state index >= 15 is 0 Å². The Morgan fingerprint density at radius 2 is 2.00 bits per heavy atom. The predicted octanol–water partition coefficient (Wildman–Crippen LogP) is 0.768. The summed E-state index contributed by atoms with van der Waals surface area (Å²) in [7, 11) is -4.30. The Morgan fingerprint density at radius 3 is 2.58 bits per heavy atom. The fraction of sp³-hybridized carbons (Fsp3) is 0.364. The van der Waals surface area contributed by atoms with Crippen molar-refractivity contribution in [3.8, 4) is 0 Å². The van der Waals surface area contributed by atoms with Crippen LogP contribution in [0.15, 0.2) is 23.1 Å². The van der Waals surface area contributed by atoms with Crippen molar-refractivity contribution in [2.24, 2.45) is 0 Å². The van der Waals surface area contributed by atoms with Crippen LogP contribution >= 0.6 is 0 Å². The number of carbonyl (C=O) groups is 1. The smallest absolute Gasteiger partial charge is 0.244 e. The third-order valence-corrected chi connectivity index (χ3v) is 3.81. The van der Waals surface area contributed by atoms with Crippen molar-refractivity contribution in [1.82, 2.24) is 10.0 Å². The molecule has 1 amide bonds. The third-order valence-electron chi connectivity index (χ3n) is 2.26. The molecule has 1 rings (SSSR count). The minimum absolute atomic E-state index is 0.333. The number of benzene rings is 1. The maximum atomic E-state index is 13.4. The van der Waals surface area contributed by atoms with E-state index in [4.69, 9.17) is 0 Å². The summed E-state index contributed by atoms with van der Waals surface area (Å²) in [4.78, 5) is 10.6. The van der Waals surface area contributed by atoms with Gasteiger partial charge in [-0.3, -0.25) is 4.79 Å². The van der Waals surface area contributed by atoms with E-state index in [-0.39, 0.29) is 0 Å². The van der Waals surface area contributed by atoms with Crippen LogP contribution in [0.5, 0.6) is 0 Å². The van der Waals surface area contributed by atoms with E-state index in [2.05, 4.69) is 5.32 Å². The van der Waals surface area contributed by atoms with Crippen LogP contribution in [-0.2, 0) is 14.8 Å². The molecule has 106 valence electrons. The Labute approximate surface area is 110 Å². The zero-order valence-corrected chi connectivity index (χ0v) is 11.2. The molecule has 0 aliphatic carbocycles. The number of hydrogen-bond acceptors (Lipinski definition) is 3. The van der Waals surface area contributed by atoms with Gasteiger partial charge in [-0.25, -0.2) is 17.2 Å². The number of halogens is 2. The van der Waals surface area contributed by atoms with Gasteiger partial charge in [0.15, 0.2) is 0 Å². The van der Waals surface area contributed by atoms with E-state index in [0.29, 0.717) is 18.7 Å². The number of likely N-dealkylation sites (N-methyl/N-ethyl adjacent to an activating group) is 1. The summed E-state index contributed by atoms with van der Waals surface area (Å²) in [5.74, 6) is -2.52. The second kappa shape index (κ2) is 6.07. The molecule has 2 N–H and O–H groups in total. The highest BCUT2D eigenvalue weighted by molar-refractivity contribution is 7.89. The normalized spacial score (nSPS) is 13.1. The molecule has 0 radical (unpaired) electrons. The Bertz CT molecular complexity index is 575. The lowest BCUT2D eigenvalue weighted by Gasteiger charge is -2.14. The minimum atomic E-state index is -4.30. The predicted molar refractivity (Wildman–Crippen MR) is 64.8 cm³/mol. The SMILES string of the molecule is CCNC(=O)[C@H](C)NS(=O)(=O)c1cc(F)ccc1F. The van der Waals surface area contributed by atoms with E-state index in [9.17, 15) is 22.0 Å². The van der Waals surface area contributed by atoms with Crippen molar-refractivity contribution in [2.75, 3.05) is 6.54 Å². The van der Waals surface area contributed by atoms with Crippen molar-refractivity contribution in [3.05, 3.63) is 29.8 Å². The van der Waals surface area contributed by atoms with Gasteiger partial charge in [0.2, 0.25) is 15.9 Å². The van der Waals surface area contributed by atoms with Gasteiger partial charge in [-0.1, -0.05) is 0 Å². The molecule has 1 atom stereocenters. The van der Waals surface area contributed by atoms with Gasteiger partial charge in [0, 0.05) is 6.54 Å². The largest absolute Gasteiger partial charge is 0.355 e. The highest BCUT2D eigenvalue weighted by Gasteiger charge is 2.24. The highest BCUT2D eigenvalue weighted by Crippen LogP contribution is 2.15. The van der Waals surface area contributed by atoms with E-state index in [1.165, 1.54) is 6.92 Å². The lowest BCUT2D eigenvalue weighted by atomic mass is 10.3. The number of carbonyl (C=O) groups excluding carboxylic acids is 1. The first-order valence-electron chi connectivity index (χ1n) is 5.53. The molecular weight excluding hydrogens is 278 g/mol. The Balaban J connectivity index is 2.99. The van der Waals surface area contributed by atoms with Gasteiger partial charge in [-0.05, 0) is 32.0 Å². The standard InChI is InChI=1S/C11H14F2N2O3S/c1-3-14-11(16)7(2)15-19(17,18)10-6-8(12)4-5-9(10)13/h4-7,15H,3H2,1-2H3,(H,14,16)/t7-/m0/s1. The van der Waals surface area contributed by atoms with Crippen LogP contribution in [-0.4, -0.2) is 26.9 Å². The fourth-order valence-corrected chi connectivity index (χ4v) is 2.65. The number of nitrogens with one attached hydrogen (secondary N) is 2. The molecule has 19 heavy (non-hydrogen) atoms. The molecule has 8 heteroatoms. The van der Waals surface area contributed by atoms with E-state index in [1.54, 1.807) is 6.92 Å². The summed E-state index contributed by atoms with van der Waals surface area (Å²) < 4.78 is 52.0. The maximum Gasteiger partial charge on any atom is 0.244 e. The van der Waals surface area contributed by atoms with Crippen LogP contribution in [0.2, 0.25) is 0 Å². The van der Waals surface area contributed by atoms with Crippen molar-refractivity contribution >= 4 is 15.9 Å². The van der Waals surface area contributed by atoms with Gasteiger partial charge in [-0.2, -0.15) is 4.72 Å². The zero-order chi connectivity index (χ0) is 14.6. The second-order valence-corrected chi connectivity index (χ2v) is 5.49. The van der Waals surface area contributed by atoms with Gasteiger partial charge in [-0.15, -0.1) is 0 Å². The summed E-state index contributed by atoms with van der Waals surface area (Å²) in [6.07, 6.45) is 0. The number of sulfonamides is 1. The summed E-state index contributed by atoms with van der Waals surface area (Å²) in [6.45, 7) is 3.31. The maximum absolute atomic E-state index is 13.4. The quantitative estimate of drug-likeness (QED) is 0.841. The first-order valence-corrected chi connectivity index (χ1v) is 7.01. The van der Waals surface area contributed by atoms with Crippen LogP contribution in [0.25, 0.3) is 0 Å². The van der Waals surface area contributed by atoms with Gasteiger partial charge < -0.3 is 5.32 Å². The van der Waals surface area contributed by atoms with Crippen LogP contribution in [0.4, 0.5) is 8.78 Å². The molecule has 0 heterocycles. The summed E-state index contributed by atoms with van der Waals surface area (Å²) >= 11 is 0. The Morgan fingerprint density at radius 1 is 1.37 bits per heavy atom. The van der Waals surface area contributed by atoms with Gasteiger partial charge in [0.25, 0.3) is 0 Å². The van der Waals surface area contributed by atoms with Crippen molar-refractivity contribution in [2.45, 2.75) is 24.8 Å². The molecule has 0 saturated carbocycles. The van der Waals surface area contributed by atoms with E-state index in [0.717, 1.165) is 6.07 Å². The number of rotatable bonds is 5. The first-order chi connectivity index (χ1) is 8.77. The van der Waals surface area contributed by atoms with Crippen LogP contribution in [0, 0.1) is 11.6 Å². The van der Waals surface area contributed by atoms with Crippen LogP contribution in [0.1, 0.15) is 13.8 Å². The molecule has 1 aromatic rings. The molecule has 0 unspecified atom stereocenters. The Hall–Kier alpha value is -1.54. The Kier molecular flexibility index (Phi) is 4.96. The van der Waals surface area contributed by atoms with E-state index in [1.807, 2.05) is 4.72 Å². The minimum Gasteiger partial charge on any atom is -0.355 e. The lowest BCUT2D eigenvalue weighted by molar-refractivity contribution is -0.122. The van der Waals surface area contributed by atoms with Crippen LogP contribution < -0.4 is 10.0 Å². The summed E-state index contributed by atoms with van der Waals surface area (Å²) in [5, 5.41) is 2.41. The second-order valence-electron chi connectivity index (χ2n) is 3.81. The molecular formula is C11H14F2N2O3S. The molecule has 0 fully saturated rings. The fourth-order valence-electron chi connectivity index (χ4n) is 1.36. The molecule has 0 aliphatic rings. The number of amides is 1. The van der Waals surface area contributed by atoms with Gasteiger partial charge >= 0.3 is 0 Å². The van der Waals surface area contributed by atoms with Crippen molar-refractivity contribution in [1.29, 1.82) is 0 Å². The first kappa shape index (κ1) is 15.5. The van der Waals surface area contributed by atoms with Gasteiger partial charge in [0.1, 0.15) is 16.5 Å². The lowest BCUT2D eigenvalue weighted by Crippen LogP contribution is -2.44. The monoisotopic (exact) mass is 292 g/mol. The summed E-state index contributed by atoms with van der Waals surface area (Å²) in [5.41, 5.74) is 0. The number of hydrogen-bond donors (Lipinski definition) is 2. The molecule has 0 saturated heterocycles. The molecule has 5 nitrogen and oxygen atoms in total. The average Bonchev–Trinajstić information content (AvgIpc) is 2.31. The average molecular weight is 292 g/mol. The van der Waals surface area contributed by atoms with E-state index < -0.39 is 38.5 Å². The highest BCUT2D eigenvalue weighted by atomic mass is 32.2. The molecule has 0 spiro atoms. The molecule has 0 aliphatic heterocycles. The van der Waals surface area contributed by atoms with Gasteiger partial charge in [0.05, 0.1) is 6.04 Å². The summed E-state index contributed by atoms with van der Waals surface area (Å²) in [6, 6.07) is 0.984. The zero-order valence-electron chi connectivity index (χ0n) is 10.4. The molecule has 0 aromatic heterocycles. The van der Waals surface area contributed by atoms with Crippen molar-refractivity contribution in [3.63, 3.8) is 0 Å². The molecule has 1 aromatic carbocycles. The van der Waals surface area contributed by atoms with Crippen molar-refractivity contribution < 1.29 is 22.0 Å².